The number of fused-ring (bicyclic) bond motifs is 34. The van der Waals surface area contributed by atoms with Crippen LogP contribution in [-0.2, 0) is 32.5 Å². The van der Waals surface area contributed by atoms with Crippen LogP contribution in [0.1, 0.15) is 144 Å². The van der Waals surface area contributed by atoms with Gasteiger partial charge in [-0.3, -0.25) is 0 Å². The van der Waals surface area contributed by atoms with Crippen LogP contribution in [0.2, 0.25) is 5.02 Å². The largest absolute Gasteiger partial charge is 0.456 e. The van der Waals surface area contributed by atoms with Crippen LogP contribution in [0.5, 0.6) is 23.0 Å². The second kappa shape index (κ2) is 29.7. The molecular weight excluding hydrogens is 1660 g/mol. The Morgan fingerprint density at radius 1 is 0.215 bits per heavy atom. The molecule has 0 fully saturated rings. The molecule has 0 aromatic heterocycles. The average Bonchev–Trinajstić information content (AvgIpc) is 1.52. The number of rotatable bonds is 7. The summed E-state index contributed by atoms with van der Waals surface area (Å²) in [5.74, 6) is 3.69. The van der Waals surface area contributed by atoms with Crippen molar-refractivity contribution in [2.45, 2.75) is 87.9 Å². The zero-order valence-corrected chi connectivity index (χ0v) is 77.3. The summed E-state index contributed by atoms with van der Waals surface area (Å²) in [5.41, 5.74) is 46.1. The van der Waals surface area contributed by atoms with Crippen molar-refractivity contribution in [1.29, 1.82) is 0 Å². The third-order valence-electron chi connectivity index (χ3n) is 31.4. The van der Waals surface area contributed by atoms with Crippen molar-refractivity contribution in [1.82, 2.24) is 0 Å². The number of hydrogen-bond donors (Lipinski definition) is 1. The maximum absolute atomic E-state index is 6.93. The molecule has 5 heteroatoms. The van der Waals surface area contributed by atoms with Gasteiger partial charge < -0.3 is 19.7 Å². The van der Waals surface area contributed by atoms with Crippen molar-refractivity contribution < 1.29 is 9.47 Å². The van der Waals surface area contributed by atoms with Crippen molar-refractivity contribution in [3.05, 3.63) is 519 Å². The molecule has 2 unspecified atom stereocenters. The second-order valence-corrected chi connectivity index (χ2v) is 40.2. The molecule has 0 saturated heterocycles. The van der Waals surface area contributed by atoms with Crippen molar-refractivity contribution in [2.24, 2.45) is 0 Å². The van der Waals surface area contributed by atoms with Gasteiger partial charge in [0.2, 0.25) is 0 Å². The lowest BCUT2D eigenvalue weighted by Gasteiger charge is -2.39. The van der Waals surface area contributed by atoms with Gasteiger partial charge in [0, 0.05) is 88.1 Å². The quantitative estimate of drug-likeness (QED) is 0.172. The fourth-order valence-electron chi connectivity index (χ4n) is 25.1. The topological polar surface area (TPSA) is 33.7 Å². The van der Waals surface area contributed by atoms with Gasteiger partial charge in [-0.2, -0.15) is 0 Å². The van der Waals surface area contributed by atoms with Gasteiger partial charge in [0.25, 0.3) is 0 Å². The molecule has 28 rings (SSSR count). The lowest BCUT2D eigenvalue weighted by atomic mass is 9.65. The van der Waals surface area contributed by atoms with Gasteiger partial charge in [-0.05, 0) is 251 Å². The summed E-state index contributed by atoms with van der Waals surface area (Å²) in [6.45, 7) is 18.8. The molecule has 20 aromatic rings. The fraction of sp³-hybridized carbons (Fsp3) is 0.108. The molecule has 4 nitrogen and oxygen atoms in total. The Kier molecular flexibility index (Phi) is 17.7. The molecule has 2 aliphatic heterocycles. The third kappa shape index (κ3) is 11.6. The van der Waals surface area contributed by atoms with Crippen LogP contribution in [0.3, 0.4) is 0 Å². The highest BCUT2D eigenvalue weighted by Crippen LogP contribution is 2.68. The Morgan fingerprint density at radius 2 is 0.511 bits per heavy atom. The molecule has 0 bridgehead atoms. The number of ether oxygens (including phenoxy) is 2. The fourth-order valence-corrected chi connectivity index (χ4v) is 25.2. The molecule has 20 aromatic carbocycles. The van der Waals surface area contributed by atoms with E-state index < -0.39 is 10.8 Å². The number of hydrogen-bond acceptors (Lipinski definition) is 4. The Balaban J connectivity index is 0.000000117. The first kappa shape index (κ1) is 80.3. The summed E-state index contributed by atoms with van der Waals surface area (Å²) < 4.78 is 13.7. The molecule has 1 N–H and O–H groups in total. The van der Waals surface area contributed by atoms with Crippen LogP contribution in [0.15, 0.2) is 425 Å². The predicted octanol–water partition coefficient (Wildman–Crippen LogP) is 34.7. The number of benzene rings is 20. The Hall–Kier alpha value is -15.6. The van der Waals surface area contributed by atoms with Gasteiger partial charge in [0.15, 0.2) is 0 Å². The molecule has 6 aliphatic carbocycles. The smallest absolute Gasteiger partial charge is 0.140 e. The maximum atomic E-state index is 6.93. The number of halogens is 1. The summed E-state index contributed by atoms with van der Waals surface area (Å²) in [5, 5.41) is 9.05. The molecule has 2 heterocycles. The molecule has 8 aliphatic rings. The summed E-state index contributed by atoms with van der Waals surface area (Å²) in [7, 11) is 0. The minimum Gasteiger partial charge on any atom is -0.456 e. The Labute approximate surface area is 794 Å². The zero-order valence-electron chi connectivity index (χ0n) is 76.6. The van der Waals surface area contributed by atoms with Crippen LogP contribution in [-0.4, -0.2) is 0 Å². The normalized spacial score (nSPS) is 16.6. The van der Waals surface area contributed by atoms with Gasteiger partial charge >= 0.3 is 0 Å². The van der Waals surface area contributed by atoms with E-state index in [0.29, 0.717) is 0 Å². The highest BCUT2D eigenvalue weighted by atomic mass is 35.5. The minimum absolute atomic E-state index is 0.0190. The Bertz CT molecular complexity index is 8220. The lowest BCUT2D eigenvalue weighted by molar-refractivity contribution is 0.441. The van der Waals surface area contributed by atoms with E-state index in [1.807, 2.05) is 12.1 Å². The van der Waals surface area contributed by atoms with Gasteiger partial charge in [-0.1, -0.05) is 407 Å². The van der Waals surface area contributed by atoms with Gasteiger partial charge in [0.1, 0.15) is 23.0 Å². The standard InChI is InChI=1S/C65H47NO.C35H21ClO.C30H27N/c1-63(2)52-22-10-7-18-47(52)49-35-33-43(38-58(49)63)66(44-34-36-50-48-19-8-11-23-53(48)64(3,4)59(50)39-44)42-31-28-41(29-32-42)45-21-15-26-56-61(45)51-20-9-12-24-54(51)65(56)55-25-13-14-27-60(55)67-62-46-17-6-5-16-40(46)30-37-57(62)65;36-24-19-16-23(17-20-24)25-11-7-14-30-33(25)27-10-3-4-12-28(27)35(30)29-13-5-6-15-32(29)37-34-26-9-2-1-8-22(26)18-21-31(34)35;1-29(2)25-11-7-5-9-21(25)23-15-13-19(17-27(23)29)31-20-14-16-24-22-10-6-8-12-26(22)30(3,4)28(24)18-20/h5-39H,1-4H3;1-21H;5-18,31H,1-4H3. The predicted molar refractivity (Wildman–Crippen MR) is 560 cm³/mol. The summed E-state index contributed by atoms with van der Waals surface area (Å²) in [4.78, 5) is 2.47. The molecule has 0 radical (unpaired) electrons. The average molecular weight is 1750 g/mol. The summed E-state index contributed by atoms with van der Waals surface area (Å²) in [6, 6.07) is 156. The van der Waals surface area contributed by atoms with E-state index in [0.717, 1.165) is 72.8 Å². The van der Waals surface area contributed by atoms with Crippen molar-refractivity contribution in [2.75, 3.05) is 10.2 Å². The van der Waals surface area contributed by atoms with Crippen LogP contribution >= 0.6 is 11.6 Å². The van der Waals surface area contributed by atoms with Crippen molar-refractivity contribution >= 4 is 61.6 Å². The van der Waals surface area contributed by atoms with Gasteiger partial charge in [0.05, 0.1) is 10.8 Å². The van der Waals surface area contributed by atoms with Crippen LogP contribution in [0.4, 0.5) is 28.4 Å². The number of anilines is 5. The zero-order chi connectivity index (χ0) is 90.8. The van der Waals surface area contributed by atoms with Crippen LogP contribution in [0, 0.1) is 0 Å². The summed E-state index contributed by atoms with van der Waals surface area (Å²) in [6.07, 6.45) is 0. The van der Waals surface area contributed by atoms with Gasteiger partial charge in [-0.15, -0.1) is 0 Å². The molecular formula is C130H95ClN2O2. The monoisotopic (exact) mass is 1750 g/mol. The molecule has 0 saturated carbocycles. The van der Waals surface area contributed by atoms with E-state index in [9.17, 15) is 0 Å². The highest BCUT2D eigenvalue weighted by Gasteiger charge is 2.55. The van der Waals surface area contributed by atoms with E-state index in [2.05, 4.69) is 478 Å². The molecule has 2 atom stereocenters. The lowest BCUT2D eigenvalue weighted by Crippen LogP contribution is -2.32. The first-order valence-corrected chi connectivity index (χ1v) is 47.7. The number of nitrogens with one attached hydrogen (secondary N) is 1. The van der Waals surface area contributed by atoms with Crippen LogP contribution in [0.25, 0.3) is 111 Å². The van der Waals surface area contributed by atoms with E-state index in [4.69, 9.17) is 21.1 Å². The maximum Gasteiger partial charge on any atom is 0.140 e. The minimum atomic E-state index is -0.561. The summed E-state index contributed by atoms with van der Waals surface area (Å²) >= 11 is 6.26. The van der Waals surface area contributed by atoms with Gasteiger partial charge in [-0.25, -0.2) is 0 Å². The molecule has 2 spiro atoms. The Morgan fingerprint density at radius 3 is 0.911 bits per heavy atom. The second-order valence-electron chi connectivity index (χ2n) is 39.7. The molecule has 0 amide bonds. The molecule has 135 heavy (non-hydrogen) atoms. The van der Waals surface area contributed by atoms with Crippen molar-refractivity contribution in [3.63, 3.8) is 0 Å². The molecule has 644 valence electrons. The van der Waals surface area contributed by atoms with Crippen LogP contribution < -0.4 is 19.7 Å². The van der Waals surface area contributed by atoms with E-state index in [1.54, 1.807) is 0 Å². The first-order chi connectivity index (χ1) is 65.9. The third-order valence-corrected chi connectivity index (χ3v) is 31.7. The first-order valence-electron chi connectivity index (χ1n) is 47.4. The van der Waals surface area contributed by atoms with E-state index in [-0.39, 0.29) is 21.7 Å². The highest BCUT2D eigenvalue weighted by molar-refractivity contribution is 6.30. The SMILES string of the molecule is CC1(C)c2ccccc2-c2ccc(N(c3ccc(-c4cccc5c4-c4ccccc4C54c5ccccc5Oc5c4ccc4ccccc54)cc3)c3ccc4c(c3)C(C)(C)c3ccccc3-4)cc21.CC1(C)c2ccccc2-c2ccc(Nc3ccc4c(c3)C(C)(C)c3ccccc3-4)cc21.Clc1ccc(-c2cccc3c2-c2ccccc2C32c3ccccc3Oc3c2ccc2ccccc32)cc1. The van der Waals surface area contributed by atoms with E-state index >= 15 is 0 Å². The number of nitrogens with zero attached hydrogens (tertiary/aromatic N) is 1. The van der Waals surface area contributed by atoms with E-state index in [1.165, 1.54) is 183 Å². The number of para-hydroxylation sites is 2. The van der Waals surface area contributed by atoms with Crippen molar-refractivity contribution in [3.8, 4) is 112 Å².